The van der Waals surface area contributed by atoms with Crippen molar-refractivity contribution >= 4 is 11.8 Å². The number of amides is 2. The van der Waals surface area contributed by atoms with Crippen molar-refractivity contribution in [3.05, 3.63) is 0 Å². The van der Waals surface area contributed by atoms with Crippen molar-refractivity contribution in [2.45, 2.75) is 51.6 Å². The van der Waals surface area contributed by atoms with Gasteiger partial charge in [-0.05, 0) is 39.7 Å². The molecule has 5 nitrogen and oxygen atoms in total. The summed E-state index contributed by atoms with van der Waals surface area (Å²) in [6.07, 6.45) is 2.61. The fourth-order valence-corrected chi connectivity index (χ4v) is 2.19. The first-order chi connectivity index (χ1) is 8.05. The lowest BCUT2D eigenvalue weighted by molar-refractivity contribution is -0.132. The van der Waals surface area contributed by atoms with Gasteiger partial charge < -0.3 is 16.0 Å². The van der Waals surface area contributed by atoms with Gasteiger partial charge in [0.25, 0.3) is 0 Å². The molecular formula is C12H23N3O2. The fraction of sp³-hybridized carbons (Fsp3) is 0.833. The highest BCUT2D eigenvalue weighted by molar-refractivity contribution is 5.92. The zero-order chi connectivity index (χ0) is 12.9. The number of hydrogen-bond donors (Lipinski definition) is 3. The lowest BCUT2D eigenvalue weighted by Gasteiger charge is -2.28. The SMILES string of the molecule is CCNC(=O)C(C)NC(=O)C1(CC)CCCN1. The third-order valence-corrected chi connectivity index (χ3v) is 3.37. The Balaban J connectivity index is 2.55. The van der Waals surface area contributed by atoms with Crippen molar-refractivity contribution in [3.8, 4) is 0 Å². The standard InChI is InChI=1S/C12H23N3O2/c1-4-12(7-6-8-14-12)11(17)15-9(3)10(16)13-5-2/h9,14H,4-8H2,1-3H3,(H,13,16)(H,15,17). The van der Waals surface area contributed by atoms with E-state index in [0.717, 1.165) is 25.8 Å². The maximum Gasteiger partial charge on any atom is 0.242 e. The minimum Gasteiger partial charge on any atom is -0.355 e. The molecule has 0 aromatic heterocycles. The van der Waals surface area contributed by atoms with Crippen molar-refractivity contribution in [2.24, 2.45) is 0 Å². The second-order valence-corrected chi connectivity index (χ2v) is 4.56. The van der Waals surface area contributed by atoms with E-state index in [4.69, 9.17) is 0 Å². The van der Waals surface area contributed by atoms with Crippen molar-refractivity contribution in [2.75, 3.05) is 13.1 Å². The van der Waals surface area contributed by atoms with Crippen LogP contribution in [0.25, 0.3) is 0 Å². The summed E-state index contributed by atoms with van der Waals surface area (Å²) < 4.78 is 0. The minimum absolute atomic E-state index is 0.0590. The highest BCUT2D eigenvalue weighted by Crippen LogP contribution is 2.23. The summed E-state index contributed by atoms with van der Waals surface area (Å²) in [6.45, 7) is 7.02. The first-order valence-corrected chi connectivity index (χ1v) is 6.39. The van der Waals surface area contributed by atoms with Crippen LogP contribution in [0.5, 0.6) is 0 Å². The molecule has 2 atom stereocenters. The topological polar surface area (TPSA) is 70.2 Å². The number of likely N-dealkylation sites (N-methyl/N-ethyl adjacent to an activating group) is 1. The number of hydrogen-bond acceptors (Lipinski definition) is 3. The summed E-state index contributed by atoms with van der Waals surface area (Å²) in [6, 6.07) is -0.478. The molecule has 1 rings (SSSR count). The summed E-state index contributed by atoms with van der Waals surface area (Å²) in [7, 11) is 0. The van der Waals surface area contributed by atoms with Crippen LogP contribution in [0.1, 0.15) is 40.0 Å². The molecule has 1 aliphatic rings. The van der Waals surface area contributed by atoms with E-state index in [-0.39, 0.29) is 11.8 Å². The van der Waals surface area contributed by atoms with Crippen LogP contribution in [0.15, 0.2) is 0 Å². The van der Waals surface area contributed by atoms with Gasteiger partial charge in [0.15, 0.2) is 0 Å². The van der Waals surface area contributed by atoms with Crippen LogP contribution in [0.3, 0.4) is 0 Å². The van der Waals surface area contributed by atoms with Gasteiger partial charge in [-0.15, -0.1) is 0 Å². The summed E-state index contributed by atoms with van der Waals surface area (Å²) in [5.41, 5.74) is -0.471. The summed E-state index contributed by atoms with van der Waals surface area (Å²) in [5, 5.41) is 8.73. The molecule has 0 aromatic rings. The Morgan fingerprint density at radius 2 is 2.12 bits per heavy atom. The van der Waals surface area contributed by atoms with Gasteiger partial charge in [-0.1, -0.05) is 6.92 Å². The van der Waals surface area contributed by atoms with E-state index >= 15 is 0 Å². The molecule has 1 saturated heterocycles. The van der Waals surface area contributed by atoms with E-state index < -0.39 is 11.6 Å². The summed E-state index contributed by atoms with van der Waals surface area (Å²) in [4.78, 5) is 23.7. The van der Waals surface area contributed by atoms with Crippen LogP contribution < -0.4 is 16.0 Å². The van der Waals surface area contributed by atoms with E-state index in [1.54, 1.807) is 6.92 Å². The Bertz CT molecular complexity index is 285. The fourth-order valence-electron chi connectivity index (χ4n) is 2.19. The Hall–Kier alpha value is -1.10. The molecule has 0 spiro atoms. The van der Waals surface area contributed by atoms with Gasteiger partial charge in [-0.25, -0.2) is 0 Å². The zero-order valence-corrected chi connectivity index (χ0v) is 10.9. The average Bonchev–Trinajstić information content (AvgIpc) is 2.79. The number of nitrogens with one attached hydrogen (secondary N) is 3. The molecule has 0 bridgehead atoms. The maximum atomic E-state index is 12.2. The molecule has 1 fully saturated rings. The second-order valence-electron chi connectivity index (χ2n) is 4.56. The number of carbonyl (C=O) groups is 2. The normalized spacial score (nSPS) is 25.4. The van der Waals surface area contributed by atoms with Gasteiger partial charge in [-0.2, -0.15) is 0 Å². The smallest absolute Gasteiger partial charge is 0.242 e. The van der Waals surface area contributed by atoms with E-state index in [9.17, 15) is 9.59 Å². The molecule has 0 radical (unpaired) electrons. The molecule has 1 heterocycles. The molecular weight excluding hydrogens is 218 g/mol. The molecule has 17 heavy (non-hydrogen) atoms. The second kappa shape index (κ2) is 6.00. The summed E-state index contributed by atoms with van der Waals surface area (Å²) >= 11 is 0. The van der Waals surface area contributed by atoms with Gasteiger partial charge in [0, 0.05) is 6.54 Å². The highest BCUT2D eigenvalue weighted by Gasteiger charge is 2.39. The van der Waals surface area contributed by atoms with E-state index in [1.807, 2.05) is 13.8 Å². The van der Waals surface area contributed by atoms with Gasteiger partial charge in [0.05, 0.1) is 5.54 Å². The van der Waals surface area contributed by atoms with Gasteiger partial charge in [-0.3, -0.25) is 9.59 Å². The van der Waals surface area contributed by atoms with Crippen molar-refractivity contribution < 1.29 is 9.59 Å². The van der Waals surface area contributed by atoms with Crippen LogP contribution in [0, 0.1) is 0 Å². The molecule has 2 amide bonds. The molecule has 98 valence electrons. The van der Waals surface area contributed by atoms with Gasteiger partial charge in [0.1, 0.15) is 6.04 Å². The average molecular weight is 241 g/mol. The third-order valence-electron chi connectivity index (χ3n) is 3.37. The third kappa shape index (κ3) is 3.19. The molecule has 0 saturated carbocycles. The van der Waals surface area contributed by atoms with Gasteiger partial charge in [0.2, 0.25) is 11.8 Å². The Kier molecular flexibility index (Phi) is 4.93. The van der Waals surface area contributed by atoms with Gasteiger partial charge >= 0.3 is 0 Å². The van der Waals surface area contributed by atoms with Crippen LogP contribution in [0.2, 0.25) is 0 Å². The predicted molar refractivity (Wildman–Crippen MR) is 66.5 cm³/mol. The van der Waals surface area contributed by atoms with Crippen LogP contribution in [0.4, 0.5) is 0 Å². The lowest BCUT2D eigenvalue weighted by atomic mass is 9.93. The van der Waals surface area contributed by atoms with E-state index in [2.05, 4.69) is 16.0 Å². The van der Waals surface area contributed by atoms with E-state index in [1.165, 1.54) is 0 Å². The first kappa shape index (κ1) is 14.0. The quantitative estimate of drug-likeness (QED) is 0.642. The van der Waals surface area contributed by atoms with Crippen molar-refractivity contribution in [1.82, 2.24) is 16.0 Å². The molecule has 0 aliphatic carbocycles. The molecule has 3 N–H and O–H groups in total. The first-order valence-electron chi connectivity index (χ1n) is 6.39. The van der Waals surface area contributed by atoms with Crippen LogP contribution in [-0.4, -0.2) is 36.5 Å². The molecule has 2 unspecified atom stereocenters. The lowest BCUT2D eigenvalue weighted by Crippen LogP contribution is -2.57. The largest absolute Gasteiger partial charge is 0.355 e. The maximum absolute atomic E-state index is 12.2. The number of carbonyl (C=O) groups excluding carboxylic acids is 2. The summed E-state index contributed by atoms with van der Waals surface area (Å²) in [5.74, 6) is -0.193. The molecule has 5 heteroatoms. The molecule has 0 aromatic carbocycles. The number of rotatable bonds is 5. The van der Waals surface area contributed by atoms with Crippen LogP contribution >= 0.6 is 0 Å². The monoisotopic (exact) mass is 241 g/mol. The minimum atomic E-state index is -0.478. The molecule has 1 aliphatic heterocycles. The Morgan fingerprint density at radius 1 is 1.41 bits per heavy atom. The van der Waals surface area contributed by atoms with Crippen molar-refractivity contribution in [3.63, 3.8) is 0 Å². The zero-order valence-electron chi connectivity index (χ0n) is 10.9. The van der Waals surface area contributed by atoms with Crippen molar-refractivity contribution in [1.29, 1.82) is 0 Å². The Labute approximate surface area is 103 Å². The predicted octanol–water partition coefficient (Wildman–Crippen LogP) is 0.159. The van der Waals surface area contributed by atoms with E-state index in [0.29, 0.717) is 6.54 Å². The van der Waals surface area contributed by atoms with Crippen LogP contribution in [-0.2, 0) is 9.59 Å². The Morgan fingerprint density at radius 3 is 2.59 bits per heavy atom. The highest BCUT2D eigenvalue weighted by atomic mass is 16.2.